The zero-order chi connectivity index (χ0) is 8.44. The van der Waals surface area contributed by atoms with Crippen LogP contribution in [-0.2, 0) is 9.53 Å². The van der Waals surface area contributed by atoms with Gasteiger partial charge in [-0.1, -0.05) is 6.08 Å². The molecule has 1 aliphatic carbocycles. The molecule has 66 valence electrons. The van der Waals surface area contributed by atoms with E-state index in [4.69, 9.17) is 4.74 Å². The Morgan fingerprint density at radius 1 is 1.67 bits per heavy atom. The van der Waals surface area contributed by atoms with E-state index in [9.17, 15) is 4.79 Å². The smallest absolute Gasteiger partial charge is 0.149 e. The topological polar surface area (TPSA) is 26.3 Å². The van der Waals surface area contributed by atoms with Gasteiger partial charge in [-0.15, -0.1) is 11.8 Å². The first-order valence-corrected chi connectivity index (χ1v) is 5.30. The van der Waals surface area contributed by atoms with Crippen LogP contribution >= 0.6 is 11.8 Å². The monoisotopic (exact) mass is 184 g/mol. The van der Waals surface area contributed by atoms with Crippen LogP contribution in [0, 0.1) is 0 Å². The molecule has 0 aromatic heterocycles. The molecule has 1 atom stereocenters. The maximum atomic E-state index is 10.8. The lowest BCUT2D eigenvalue weighted by Crippen LogP contribution is -2.30. The van der Waals surface area contributed by atoms with Crippen molar-refractivity contribution in [1.29, 1.82) is 0 Å². The molecular weight excluding hydrogens is 172 g/mol. The van der Waals surface area contributed by atoms with E-state index in [2.05, 4.69) is 0 Å². The molecule has 1 spiro atoms. The fourth-order valence-electron chi connectivity index (χ4n) is 1.80. The van der Waals surface area contributed by atoms with Gasteiger partial charge in [-0.3, -0.25) is 4.79 Å². The summed E-state index contributed by atoms with van der Waals surface area (Å²) in [6, 6.07) is 0. The Morgan fingerprint density at radius 2 is 2.58 bits per heavy atom. The molecule has 0 N–H and O–H groups in total. The summed E-state index contributed by atoms with van der Waals surface area (Å²) in [4.78, 5) is 10.5. The van der Waals surface area contributed by atoms with Crippen molar-refractivity contribution in [1.82, 2.24) is 0 Å². The summed E-state index contributed by atoms with van der Waals surface area (Å²) in [5.41, 5.74) is 0.858. The number of ether oxygens (including phenoxy) is 1. The largest absolute Gasteiger partial charge is 0.359 e. The second kappa shape index (κ2) is 3.23. The van der Waals surface area contributed by atoms with Crippen LogP contribution in [0.5, 0.6) is 0 Å². The number of carbonyl (C=O) groups excluding carboxylic acids is 1. The van der Waals surface area contributed by atoms with E-state index in [0.717, 1.165) is 43.5 Å². The molecular formula is C9H12O2S. The molecule has 2 nitrogen and oxygen atoms in total. The van der Waals surface area contributed by atoms with E-state index in [1.807, 2.05) is 6.08 Å². The summed E-state index contributed by atoms with van der Waals surface area (Å²) in [6.45, 7) is 0.788. The molecule has 0 aromatic rings. The van der Waals surface area contributed by atoms with Gasteiger partial charge < -0.3 is 4.74 Å². The van der Waals surface area contributed by atoms with Crippen LogP contribution in [0.2, 0.25) is 0 Å². The van der Waals surface area contributed by atoms with Crippen molar-refractivity contribution in [2.75, 3.05) is 12.4 Å². The van der Waals surface area contributed by atoms with Gasteiger partial charge in [0.05, 0.1) is 6.61 Å². The van der Waals surface area contributed by atoms with Crippen LogP contribution < -0.4 is 0 Å². The summed E-state index contributed by atoms with van der Waals surface area (Å²) < 4.78 is 5.65. The van der Waals surface area contributed by atoms with Gasteiger partial charge >= 0.3 is 0 Å². The first kappa shape index (κ1) is 8.32. The number of thioether (sulfide) groups is 1. The minimum absolute atomic E-state index is 0.250. The number of allylic oxidation sites excluding steroid dienone is 1. The second-order valence-corrected chi connectivity index (χ2v) is 4.48. The zero-order valence-corrected chi connectivity index (χ0v) is 7.73. The van der Waals surface area contributed by atoms with Crippen LogP contribution in [0.4, 0.5) is 0 Å². The number of hydrogen-bond donors (Lipinski definition) is 0. The number of rotatable bonds is 1. The highest BCUT2D eigenvalue weighted by atomic mass is 32.2. The molecule has 1 saturated heterocycles. The molecule has 0 bridgehead atoms. The zero-order valence-electron chi connectivity index (χ0n) is 6.91. The minimum atomic E-state index is -0.250. The SMILES string of the molecule is O=CC1=CCCCC12OCCS2. The van der Waals surface area contributed by atoms with Crippen molar-refractivity contribution in [2.24, 2.45) is 0 Å². The standard InChI is InChI=1S/C9H12O2S/c10-7-8-3-1-2-4-9(8)11-5-6-12-9/h3,7H,1-2,4-6H2. The molecule has 0 saturated carbocycles. The van der Waals surface area contributed by atoms with E-state index >= 15 is 0 Å². The Bertz CT molecular complexity index is 217. The van der Waals surface area contributed by atoms with Crippen molar-refractivity contribution >= 4 is 18.0 Å². The van der Waals surface area contributed by atoms with E-state index in [1.54, 1.807) is 11.8 Å². The maximum Gasteiger partial charge on any atom is 0.149 e. The normalized spacial score (nSPS) is 35.2. The molecule has 0 radical (unpaired) electrons. The van der Waals surface area contributed by atoms with Gasteiger partial charge in [-0.05, 0) is 19.3 Å². The summed E-state index contributed by atoms with van der Waals surface area (Å²) in [5, 5.41) is 0. The van der Waals surface area contributed by atoms with Crippen molar-refractivity contribution in [3.05, 3.63) is 11.6 Å². The van der Waals surface area contributed by atoms with E-state index < -0.39 is 0 Å². The molecule has 1 aliphatic heterocycles. The lowest BCUT2D eigenvalue weighted by Gasteiger charge is -2.30. The predicted octanol–water partition coefficient (Wildman–Crippen LogP) is 1.76. The third-order valence-electron chi connectivity index (χ3n) is 2.39. The van der Waals surface area contributed by atoms with Gasteiger partial charge in [0.25, 0.3) is 0 Å². The van der Waals surface area contributed by atoms with Crippen LogP contribution in [-0.4, -0.2) is 23.6 Å². The summed E-state index contributed by atoms with van der Waals surface area (Å²) >= 11 is 1.78. The Kier molecular flexibility index (Phi) is 2.24. The number of carbonyl (C=O) groups is 1. The fourth-order valence-corrected chi connectivity index (χ4v) is 3.05. The van der Waals surface area contributed by atoms with Gasteiger partial charge in [0.15, 0.2) is 0 Å². The van der Waals surface area contributed by atoms with Gasteiger partial charge in [0.2, 0.25) is 0 Å². The molecule has 0 aromatic carbocycles. The Balaban J connectivity index is 2.26. The molecule has 12 heavy (non-hydrogen) atoms. The molecule has 2 aliphatic rings. The highest BCUT2D eigenvalue weighted by Crippen LogP contribution is 2.44. The number of hydrogen-bond acceptors (Lipinski definition) is 3. The molecule has 0 amide bonds. The van der Waals surface area contributed by atoms with Crippen LogP contribution in [0.25, 0.3) is 0 Å². The third-order valence-corrected chi connectivity index (χ3v) is 3.79. The highest BCUT2D eigenvalue weighted by Gasteiger charge is 2.40. The van der Waals surface area contributed by atoms with Crippen molar-refractivity contribution in [2.45, 2.75) is 24.2 Å². The average Bonchev–Trinajstić information content (AvgIpc) is 2.55. The summed E-state index contributed by atoms with van der Waals surface area (Å²) in [5.74, 6) is 1.02. The molecule has 2 rings (SSSR count). The Morgan fingerprint density at radius 3 is 3.25 bits per heavy atom. The molecule has 1 unspecified atom stereocenters. The van der Waals surface area contributed by atoms with Gasteiger partial charge in [-0.2, -0.15) is 0 Å². The number of aldehydes is 1. The van der Waals surface area contributed by atoms with Crippen LogP contribution in [0.3, 0.4) is 0 Å². The highest BCUT2D eigenvalue weighted by molar-refractivity contribution is 8.01. The quantitative estimate of drug-likeness (QED) is 0.581. The van der Waals surface area contributed by atoms with Crippen LogP contribution in [0.1, 0.15) is 19.3 Å². The van der Waals surface area contributed by atoms with E-state index in [-0.39, 0.29) is 4.93 Å². The first-order chi connectivity index (χ1) is 5.87. The van der Waals surface area contributed by atoms with Gasteiger partial charge in [0, 0.05) is 11.3 Å². The summed E-state index contributed by atoms with van der Waals surface area (Å²) in [6.07, 6.45) is 6.15. The fraction of sp³-hybridized carbons (Fsp3) is 0.667. The average molecular weight is 184 g/mol. The maximum absolute atomic E-state index is 10.8. The van der Waals surface area contributed by atoms with Crippen molar-refractivity contribution in [3.63, 3.8) is 0 Å². The Hall–Kier alpha value is -0.280. The molecule has 1 fully saturated rings. The van der Waals surface area contributed by atoms with Gasteiger partial charge in [0.1, 0.15) is 11.2 Å². The second-order valence-electron chi connectivity index (χ2n) is 3.12. The van der Waals surface area contributed by atoms with Crippen molar-refractivity contribution < 1.29 is 9.53 Å². The van der Waals surface area contributed by atoms with E-state index in [0.29, 0.717) is 0 Å². The first-order valence-electron chi connectivity index (χ1n) is 4.31. The van der Waals surface area contributed by atoms with Crippen LogP contribution in [0.15, 0.2) is 11.6 Å². The Labute approximate surface area is 76.4 Å². The summed E-state index contributed by atoms with van der Waals surface area (Å²) in [7, 11) is 0. The minimum Gasteiger partial charge on any atom is -0.359 e. The third kappa shape index (κ3) is 1.21. The lowest BCUT2D eigenvalue weighted by molar-refractivity contribution is -0.106. The molecule has 3 heteroatoms. The van der Waals surface area contributed by atoms with E-state index in [1.165, 1.54) is 0 Å². The predicted molar refractivity (Wildman–Crippen MR) is 49.1 cm³/mol. The van der Waals surface area contributed by atoms with Crippen molar-refractivity contribution in [3.8, 4) is 0 Å². The molecule has 1 heterocycles. The lowest BCUT2D eigenvalue weighted by atomic mass is 9.96. The van der Waals surface area contributed by atoms with Gasteiger partial charge in [-0.25, -0.2) is 0 Å².